The zero-order valence-electron chi connectivity index (χ0n) is 23.5. The van der Waals surface area contributed by atoms with Gasteiger partial charge >= 0.3 is 18.3 Å². The molecule has 43 heavy (non-hydrogen) atoms. The predicted molar refractivity (Wildman–Crippen MR) is 150 cm³/mol. The monoisotopic (exact) mass is 676 g/mol. The second kappa shape index (κ2) is 13.1. The standard InChI is InChI=1S/C28H31BrF6N6O2/c1-3-40(14-17-4-6-19(7-5-17)25(42)43)24-9-8-23(29)12-20(24)16-41(26-36-38-39(2)37-26)15-18-10-21(27(30,31)32)13-22(11-18)28(33,34)35/h8-13,17,19H,3-7,14-16H2,1-2H3,(H,42,43). The number of carbonyl (C=O) groups is 1. The summed E-state index contributed by atoms with van der Waals surface area (Å²) in [6.07, 6.45) is -7.21. The van der Waals surface area contributed by atoms with E-state index in [9.17, 15) is 36.2 Å². The number of aromatic nitrogens is 4. The first-order valence-electron chi connectivity index (χ1n) is 13.7. The van der Waals surface area contributed by atoms with Gasteiger partial charge in [-0.05, 0) is 91.3 Å². The molecule has 15 heteroatoms. The third-order valence-corrected chi connectivity index (χ3v) is 8.09. The molecule has 1 aliphatic carbocycles. The third kappa shape index (κ3) is 8.39. The number of halogens is 7. The van der Waals surface area contributed by atoms with Crippen LogP contribution in [0.5, 0.6) is 0 Å². The van der Waals surface area contributed by atoms with E-state index in [-0.39, 0.29) is 42.5 Å². The van der Waals surface area contributed by atoms with Crippen LogP contribution >= 0.6 is 15.9 Å². The van der Waals surface area contributed by atoms with Crippen molar-refractivity contribution in [3.05, 3.63) is 63.1 Å². The molecule has 1 aromatic heterocycles. The smallest absolute Gasteiger partial charge is 0.416 e. The lowest BCUT2D eigenvalue weighted by Gasteiger charge is -2.34. The molecule has 0 bridgehead atoms. The predicted octanol–water partition coefficient (Wildman–Crippen LogP) is 6.93. The Bertz CT molecular complexity index is 1390. The van der Waals surface area contributed by atoms with Crippen LogP contribution in [0.2, 0.25) is 0 Å². The number of benzene rings is 2. The van der Waals surface area contributed by atoms with Crippen LogP contribution in [0.3, 0.4) is 0 Å². The van der Waals surface area contributed by atoms with Gasteiger partial charge in [-0.3, -0.25) is 4.79 Å². The maximum absolute atomic E-state index is 13.6. The Morgan fingerprint density at radius 3 is 2.12 bits per heavy atom. The Morgan fingerprint density at radius 1 is 0.977 bits per heavy atom. The van der Waals surface area contributed by atoms with Crippen LogP contribution in [0.25, 0.3) is 0 Å². The van der Waals surface area contributed by atoms with E-state index in [0.29, 0.717) is 38.1 Å². The Balaban J connectivity index is 1.67. The van der Waals surface area contributed by atoms with Crippen molar-refractivity contribution in [2.75, 3.05) is 22.9 Å². The van der Waals surface area contributed by atoms with Gasteiger partial charge in [0.05, 0.1) is 24.1 Å². The molecule has 0 spiro atoms. The SMILES string of the molecule is CCN(CC1CCC(C(=O)O)CC1)c1ccc(Br)cc1CN(Cc1cc(C(F)(F)F)cc(C(F)(F)F)c1)c1nnn(C)n1. The zero-order valence-corrected chi connectivity index (χ0v) is 25.0. The maximum Gasteiger partial charge on any atom is 0.416 e. The minimum atomic E-state index is -4.98. The molecular weight excluding hydrogens is 646 g/mol. The number of anilines is 2. The molecule has 0 saturated heterocycles. The number of hydrogen-bond donors (Lipinski definition) is 1. The molecule has 3 aromatic rings. The zero-order chi connectivity index (χ0) is 31.5. The maximum atomic E-state index is 13.6. The summed E-state index contributed by atoms with van der Waals surface area (Å²) in [6, 6.07) is 7.11. The van der Waals surface area contributed by atoms with Crippen molar-refractivity contribution < 1.29 is 36.2 Å². The van der Waals surface area contributed by atoms with Crippen LogP contribution in [0.15, 0.2) is 40.9 Å². The average molecular weight is 677 g/mol. The lowest BCUT2D eigenvalue weighted by atomic mass is 9.81. The molecule has 234 valence electrons. The van der Waals surface area contributed by atoms with E-state index in [0.717, 1.165) is 33.4 Å². The second-order valence-electron chi connectivity index (χ2n) is 10.7. The molecule has 1 heterocycles. The normalized spacial score (nSPS) is 17.6. The van der Waals surface area contributed by atoms with Crippen LogP contribution in [-0.4, -0.2) is 44.4 Å². The summed E-state index contributed by atoms with van der Waals surface area (Å²) >= 11 is 3.48. The molecule has 0 radical (unpaired) electrons. The quantitative estimate of drug-likeness (QED) is 0.233. The van der Waals surface area contributed by atoms with Crippen molar-refractivity contribution in [3.63, 3.8) is 0 Å². The molecule has 4 rings (SSSR count). The first-order valence-corrected chi connectivity index (χ1v) is 14.5. The summed E-state index contributed by atoms with van der Waals surface area (Å²) in [4.78, 5) is 16.2. The van der Waals surface area contributed by atoms with Crippen LogP contribution < -0.4 is 9.80 Å². The van der Waals surface area contributed by atoms with Gasteiger partial charge in [0.15, 0.2) is 0 Å². The number of aryl methyl sites for hydroxylation is 1. The van der Waals surface area contributed by atoms with E-state index in [4.69, 9.17) is 0 Å². The number of tetrazole rings is 1. The van der Waals surface area contributed by atoms with Gasteiger partial charge in [-0.2, -0.15) is 31.1 Å². The van der Waals surface area contributed by atoms with Gasteiger partial charge in [0.25, 0.3) is 5.95 Å². The fraction of sp³-hybridized carbons (Fsp3) is 0.500. The van der Waals surface area contributed by atoms with Gasteiger partial charge in [-0.15, -0.1) is 5.10 Å². The Morgan fingerprint density at radius 2 is 1.60 bits per heavy atom. The number of hydrogen-bond acceptors (Lipinski definition) is 6. The molecule has 8 nitrogen and oxygen atoms in total. The second-order valence-corrected chi connectivity index (χ2v) is 11.6. The fourth-order valence-corrected chi connectivity index (χ4v) is 5.83. The van der Waals surface area contributed by atoms with E-state index in [1.807, 2.05) is 25.1 Å². The minimum absolute atomic E-state index is 0.0365. The summed E-state index contributed by atoms with van der Waals surface area (Å²) in [5, 5.41) is 21.3. The minimum Gasteiger partial charge on any atom is -0.481 e. The summed E-state index contributed by atoms with van der Waals surface area (Å²) in [7, 11) is 1.50. The van der Waals surface area contributed by atoms with Gasteiger partial charge in [0, 0.05) is 36.3 Å². The van der Waals surface area contributed by atoms with E-state index in [1.54, 1.807) is 0 Å². The Kier molecular flexibility index (Phi) is 9.92. The highest BCUT2D eigenvalue weighted by molar-refractivity contribution is 9.10. The van der Waals surface area contributed by atoms with Gasteiger partial charge in [0.1, 0.15) is 0 Å². The molecule has 2 aromatic carbocycles. The Hall–Kier alpha value is -3.36. The highest BCUT2D eigenvalue weighted by Gasteiger charge is 2.37. The molecule has 0 amide bonds. The number of carboxylic acids is 1. The van der Waals surface area contributed by atoms with E-state index >= 15 is 0 Å². The molecule has 0 unspecified atom stereocenters. The number of aliphatic carboxylic acids is 1. The molecule has 1 fully saturated rings. The summed E-state index contributed by atoms with van der Waals surface area (Å²) in [6.45, 7) is 2.98. The van der Waals surface area contributed by atoms with Gasteiger partial charge < -0.3 is 14.9 Å². The first kappa shape index (κ1) is 32.6. The molecular formula is C28H31BrF6N6O2. The summed E-state index contributed by atoms with van der Waals surface area (Å²) in [5.74, 6) is -0.803. The van der Waals surface area contributed by atoms with Gasteiger partial charge in [0.2, 0.25) is 0 Å². The molecule has 1 N–H and O–H groups in total. The lowest BCUT2D eigenvalue weighted by Crippen LogP contribution is -2.34. The fourth-order valence-electron chi connectivity index (χ4n) is 5.43. The molecule has 0 aliphatic heterocycles. The number of rotatable bonds is 10. The van der Waals surface area contributed by atoms with Crippen molar-refractivity contribution in [1.82, 2.24) is 20.2 Å². The number of carboxylic acid groups (broad SMARTS) is 1. The van der Waals surface area contributed by atoms with Gasteiger partial charge in [-0.25, -0.2) is 0 Å². The van der Waals surface area contributed by atoms with Crippen LogP contribution in [0.4, 0.5) is 38.0 Å². The van der Waals surface area contributed by atoms with E-state index < -0.39 is 29.4 Å². The van der Waals surface area contributed by atoms with Crippen molar-refractivity contribution >= 4 is 33.5 Å². The van der Waals surface area contributed by atoms with E-state index in [1.165, 1.54) is 11.9 Å². The first-order chi connectivity index (χ1) is 20.1. The average Bonchev–Trinajstić information content (AvgIpc) is 3.37. The van der Waals surface area contributed by atoms with Crippen molar-refractivity contribution in [3.8, 4) is 0 Å². The lowest BCUT2D eigenvalue weighted by molar-refractivity contribution is -0.144. The number of alkyl halides is 6. The van der Waals surface area contributed by atoms with Crippen LogP contribution in [0, 0.1) is 11.8 Å². The topological polar surface area (TPSA) is 87.4 Å². The molecule has 1 saturated carbocycles. The molecule has 1 aliphatic rings. The van der Waals surface area contributed by atoms with E-state index in [2.05, 4.69) is 36.2 Å². The number of nitrogens with zero attached hydrogens (tertiary/aromatic N) is 6. The van der Waals surface area contributed by atoms with Crippen molar-refractivity contribution in [1.29, 1.82) is 0 Å². The van der Waals surface area contributed by atoms with Crippen LogP contribution in [0.1, 0.15) is 54.9 Å². The highest BCUT2D eigenvalue weighted by Crippen LogP contribution is 2.37. The highest BCUT2D eigenvalue weighted by atomic mass is 79.9. The largest absolute Gasteiger partial charge is 0.481 e. The van der Waals surface area contributed by atoms with Gasteiger partial charge in [-0.1, -0.05) is 21.0 Å². The summed E-state index contributed by atoms with van der Waals surface area (Å²) < 4.78 is 82.1. The van der Waals surface area contributed by atoms with Crippen molar-refractivity contribution in [2.24, 2.45) is 18.9 Å². The van der Waals surface area contributed by atoms with Crippen LogP contribution in [-0.2, 0) is 37.3 Å². The molecule has 0 atom stereocenters. The summed E-state index contributed by atoms with van der Waals surface area (Å²) in [5.41, 5.74) is -1.44. The third-order valence-electron chi connectivity index (χ3n) is 7.60. The Labute approximate surface area is 252 Å². The van der Waals surface area contributed by atoms with Crippen molar-refractivity contribution in [2.45, 2.75) is 58.0 Å².